The summed E-state index contributed by atoms with van der Waals surface area (Å²) in [7, 11) is 0. The average Bonchev–Trinajstić information content (AvgIpc) is 2.53. The van der Waals surface area contributed by atoms with Crippen molar-refractivity contribution in [2.75, 3.05) is 11.5 Å². The van der Waals surface area contributed by atoms with Gasteiger partial charge in [0.15, 0.2) is 0 Å². The smallest absolute Gasteiger partial charge is 0.150 e. The van der Waals surface area contributed by atoms with Gasteiger partial charge in [-0.15, -0.1) is 0 Å². The first kappa shape index (κ1) is 13.8. The molecule has 0 aliphatic heterocycles. The Bertz CT molecular complexity index is 756. The molecular formula is C18H16N2O2. The van der Waals surface area contributed by atoms with E-state index in [2.05, 4.69) is 0 Å². The number of nitrogens with two attached hydrogens (primary N) is 2. The highest BCUT2D eigenvalue weighted by atomic mass is 16.5. The summed E-state index contributed by atoms with van der Waals surface area (Å²) < 4.78 is 11.5. The van der Waals surface area contributed by atoms with Crippen LogP contribution in [0.25, 0.3) is 0 Å². The first-order valence-corrected chi connectivity index (χ1v) is 6.86. The monoisotopic (exact) mass is 292 g/mol. The first-order valence-electron chi connectivity index (χ1n) is 6.86. The van der Waals surface area contributed by atoms with Gasteiger partial charge in [-0.1, -0.05) is 18.2 Å². The molecule has 4 heteroatoms. The van der Waals surface area contributed by atoms with Crippen LogP contribution in [0.1, 0.15) is 0 Å². The van der Waals surface area contributed by atoms with E-state index in [4.69, 9.17) is 20.9 Å². The highest BCUT2D eigenvalue weighted by Crippen LogP contribution is 2.30. The van der Waals surface area contributed by atoms with E-state index in [1.807, 2.05) is 54.6 Å². The number of hydrogen-bond donors (Lipinski definition) is 2. The summed E-state index contributed by atoms with van der Waals surface area (Å²) >= 11 is 0. The van der Waals surface area contributed by atoms with Crippen LogP contribution in [-0.2, 0) is 0 Å². The van der Waals surface area contributed by atoms with E-state index in [1.165, 1.54) is 0 Å². The molecule has 4 nitrogen and oxygen atoms in total. The van der Waals surface area contributed by atoms with Crippen LogP contribution >= 0.6 is 0 Å². The van der Waals surface area contributed by atoms with Gasteiger partial charge in [-0.25, -0.2) is 0 Å². The van der Waals surface area contributed by atoms with Crippen molar-refractivity contribution in [1.29, 1.82) is 0 Å². The molecule has 110 valence electrons. The summed E-state index contributed by atoms with van der Waals surface area (Å²) in [6.07, 6.45) is 0. The molecule has 0 saturated carbocycles. The van der Waals surface area contributed by atoms with Gasteiger partial charge < -0.3 is 20.9 Å². The molecule has 0 heterocycles. The van der Waals surface area contributed by atoms with E-state index in [-0.39, 0.29) is 0 Å². The van der Waals surface area contributed by atoms with E-state index in [0.29, 0.717) is 22.9 Å². The Morgan fingerprint density at radius 3 is 1.82 bits per heavy atom. The molecule has 0 unspecified atom stereocenters. The lowest BCUT2D eigenvalue weighted by Gasteiger charge is -2.10. The van der Waals surface area contributed by atoms with Crippen LogP contribution in [0.15, 0.2) is 72.8 Å². The van der Waals surface area contributed by atoms with Gasteiger partial charge in [-0.05, 0) is 54.6 Å². The fourth-order valence-corrected chi connectivity index (χ4v) is 1.99. The van der Waals surface area contributed by atoms with Gasteiger partial charge in [0.05, 0.1) is 5.69 Å². The molecule has 0 fully saturated rings. The zero-order chi connectivity index (χ0) is 15.4. The lowest BCUT2D eigenvalue weighted by molar-refractivity contribution is 0.470. The molecule has 4 N–H and O–H groups in total. The Kier molecular flexibility index (Phi) is 3.83. The lowest BCUT2D eigenvalue weighted by atomic mass is 10.2. The Balaban J connectivity index is 1.71. The number of anilines is 2. The standard InChI is InChI=1S/C18H16N2O2/c19-13-6-11-18(17(20)12-13)22-16-9-7-15(8-10-16)21-14-4-2-1-3-5-14/h1-12H,19-20H2. The molecule has 0 aromatic heterocycles. The summed E-state index contributed by atoms with van der Waals surface area (Å²) in [4.78, 5) is 0. The van der Waals surface area contributed by atoms with Crippen molar-refractivity contribution in [3.05, 3.63) is 72.8 Å². The van der Waals surface area contributed by atoms with Crippen LogP contribution < -0.4 is 20.9 Å². The predicted molar refractivity (Wildman–Crippen MR) is 88.3 cm³/mol. The Labute approximate surface area is 128 Å². The minimum absolute atomic E-state index is 0.504. The summed E-state index contributed by atoms with van der Waals surface area (Å²) in [6.45, 7) is 0. The number of nitrogen functional groups attached to an aromatic ring is 2. The third-order valence-electron chi connectivity index (χ3n) is 3.06. The van der Waals surface area contributed by atoms with Crippen LogP contribution in [0.5, 0.6) is 23.0 Å². The number of rotatable bonds is 4. The van der Waals surface area contributed by atoms with Crippen LogP contribution in [-0.4, -0.2) is 0 Å². The van der Waals surface area contributed by atoms with Crippen LogP contribution in [0.3, 0.4) is 0 Å². The Hall–Kier alpha value is -3.14. The molecule has 0 aliphatic carbocycles. The lowest BCUT2D eigenvalue weighted by Crippen LogP contribution is -1.94. The molecule has 0 amide bonds. The van der Waals surface area contributed by atoms with Crippen molar-refractivity contribution in [3.63, 3.8) is 0 Å². The number of ether oxygens (including phenoxy) is 2. The van der Waals surface area contributed by atoms with Crippen molar-refractivity contribution in [2.24, 2.45) is 0 Å². The zero-order valence-electron chi connectivity index (χ0n) is 11.9. The van der Waals surface area contributed by atoms with Gasteiger partial charge in [0.2, 0.25) is 0 Å². The van der Waals surface area contributed by atoms with Gasteiger partial charge in [0.25, 0.3) is 0 Å². The van der Waals surface area contributed by atoms with E-state index >= 15 is 0 Å². The van der Waals surface area contributed by atoms with Gasteiger partial charge >= 0.3 is 0 Å². The second-order valence-electron chi connectivity index (χ2n) is 4.79. The third kappa shape index (κ3) is 3.30. The SMILES string of the molecule is Nc1ccc(Oc2ccc(Oc3ccccc3)cc2)c(N)c1. The minimum atomic E-state index is 0.504. The quantitative estimate of drug-likeness (QED) is 0.698. The van der Waals surface area contributed by atoms with Gasteiger partial charge in [0.1, 0.15) is 23.0 Å². The number of benzene rings is 3. The Morgan fingerprint density at radius 2 is 1.18 bits per heavy atom. The van der Waals surface area contributed by atoms with Gasteiger partial charge in [-0.3, -0.25) is 0 Å². The maximum atomic E-state index is 5.87. The van der Waals surface area contributed by atoms with Crippen molar-refractivity contribution < 1.29 is 9.47 Å². The second kappa shape index (κ2) is 6.10. The molecular weight excluding hydrogens is 276 g/mol. The van der Waals surface area contributed by atoms with Gasteiger partial charge in [-0.2, -0.15) is 0 Å². The second-order valence-corrected chi connectivity index (χ2v) is 4.79. The normalized spacial score (nSPS) is 10.2. The molecule has 3 aromatic carbocycles. The largest absolute Gasteiger partial charge is 0.457 e. The fourth-order valence-electron chi connectivity index (χ4n) is 1.99. The third-order valence-corrected chi connectivity index (χ3v) is 3.06. The highest BCUT2D eigenvalue weighted by Gasteiger charge is 2.03. The zero-order valence-corrected chi connectivity index (χ0v) is 11.9. The van der Waals surface area contributed by atoms with Crippen LogP contribution in [0.2, 0.25) is 0 Å². The van der Waals surface area contributed by atoms with Gasteiger partial charge in [0, 0.05) is 5.69 Å². The molecule has 0 radical (unpaired) electrons. The fraction of sp³-hybridized carbons (Fsp3) is 0. The van der Waals surface area contributed by atoms with E-state index in [1.54, 1.807) is 18.2 Å². The van der Waals surface area contributed by atoms with Crippen molar-refractivity contribution >= 4 is 11.4 Å². The topological polar surface area (TPSA) is 70.5 Å². The molecule has 3 rings (SSSR count). The Morgan fingerprint density at radius 1 is 0.591 bits per heavy atom. The minimum Gasteiger partial charge on any atom is -0.457 e. The molecule has 0 aliphatic rings. The van der Waals surface area contributed by atoms with Crippen molar-refractivity contribution in [3.8, 4) is 23.0 Å². The molecule has 0 atom stereocenters. The maximum Gasteiger partial charge on any atom is 0.150 e. The average molecular weight is 292 g/mol. The van der Waals surface area contributed by atoms with E-state index in [9.17, 15) is 0 Å². The van der Waals surface area contributed by atoms with E-state index in [0.717, 1.165) is 11.5 Å². The molecule has 22 heavy (non-hydrogen) atoms. The van der Waals surface area contributed by atoms with Crippen LogP contribution in [0.4, 0.5) is 11.4 Å². The predicted octanol–water partition coefficient (Wildman–Crippen LogP) is 4.44. The van der Waals surface area contributed by atoms with Crippen molar-refractivity contribution in [2.45, 2.75) is 0 Å². The number of hydrogen-bond acceptors (Lipinski definition) is 4. The molecule has 0 saturated heterocycles. The highest BCUT2D eigenvalue weighted by molar-refractivity contribution is 5.61. The summed E-state index contributed by atoms with van der Waals surface area (Å²) in [6, 6.07) is 22.1. The summed E-state index contributed by atoms with van der Waals surface area (Å²) in [5, 5.41) is 0. The van der Waals surface area contributed by atoms with E-state index < -0.39 is 0 Å². The summed E-state index contributed by atoms with van der Waals surface area (Å²) in [5.41, 5.74) is 12.6. The number of para-hydroxylation sites is 1. The summed E-state index contributed by atoms with van der Waals surface area (Å²) in [5.74, 6) is 2.78. The molecule has 0 bridgehead atoms. The first-order chi connectivity index (χ1) is 10.7. The van der Waals surface area contributed by atoms with Crippen molar-refractivity contribution in [1.82, 2.24) is 0 Å². The maximum absolute atomic E-state index is 5.87. The molecule has 3 aromatic rings. The van der Waals surface area contributed by atoms with Crippen LogP contribution in [0, 0.1) is 0 Å². The molecule has 0 spiro atoms.